The SMILES string of the molecule is CN(CC(=O)O)CC1CN(CCOc2cc(Cl)ccc2Cl)CCO1. The largest absolute Gasteiger partial charge is 0.491 e. The number of carboxylic acids is 1. The van der Waals surface area contributed by atoms with Crippen LogP contribution in [-0.2, 0) is 9.53 Å². The topological polar surface area (TPSA) is 62.2 Å². The maximum atomic E-state index is 10.7. The lowest BCUT2D eigenvalue weighted by molar-refractivity contribution is -0.138. The van der Waals surface area contributed by atoms with Gasteiger partial charge in [0.1, 0.15) is 12.4 Å². The van der Waals surface area contributed by atoms with Crippen LogP contribution in [0, 0.1) is 0 Å². The van der Waals surface area contributed by atoms with Gasteiger partial charge in [-0.05, 0) is 19.2 Å². The van der Waals surface area contributed by atoms with Crippen molar-refractivity contribution in [3.05, 3.63) is 28.2 Å². The number of hydrogen-bond donors (Lipinski definition) is 1. The molecule has 134 valence electrons. The van der Waals surface area contributed by atoms with Gasteiger partial charge >= 0.3 is 5.97 Å². The van der Waals surface area contributed by atoms with E-state index in [4.69, 9.17) is 37.8 Å². The Hall–Kier alpha value is -1.05. The predicted molar refractivity (Wildman–Crippen MR) is 93.3 cm³/mol. The zero-order valence-electron chi connectivity index (χ0n) is 13.6. The number of nitrogens with zero attached hydrogens (tertiary/aromatic N) is 2. The third-order valence-corrected chi connectivity index (χ3v) is 4.25. The summed E-state index contributed by atoms with van der Waals surface area (Å²) < 4.78 is 11.4. The molecule has 1 fully saturated rings. The van der Waals surface area contributed by atoms with Crippen LogP contribution in [0.3, 0.4) is 0 Å². The van der Waals surface area contributed by atoms with E-state index in [1.54, 1.807) is 30.1 Å². The van der Waals surface area contributed by atoms with Crippen LogP contribution in [0.1, 0.15) is 0 Å². The van der Waals surface area contributed by atoms with E-state index in [9.17, 15) is 4.79 Å². The Balaban J connectivity index is 1.74. The first-order valence-corrected chi connectivity index (χ1v) is 8.52. The number of halogens is 2. The van der Waals surface area contributed by atoms with Crippen LogP contribution in [0.5, 0.6) is 5.75 Å². The molecule has 2 rings (SSSR count). The van der Waals surface area contributed by atoms with Gasteiger partial charge in [0.15, 0.2) is 0 Å². The molecule has 1 saturated heterocycles. The molecule has 1 atom stereocenters. The Labute approximate surface area is 151 Å². The highest BCUT2D eigenvalue weighted by Gasteiger charge is 2.22. The van der Waals surface area contributed by atoms with Gasteiger partial charge in [-0.3, -0.25) is 14.6 Å². The quantitative estimate of drug-likeness (QED) is 0.749. The molecule has 1 heterocycles. The highest BCUT2D eigenvalue weighted by Crippen LogP contribution is 2.27. The van der Waals surface area contributed by atoms with E-state index in [0.29, 0.717) is 35.6 Å². The molecule has 0 amide bonds. The third kappa shape index (κ3) is 6.45. The van der Waals surface area contributed by atoms with E-state index in [-0.39, 0.29) is 12.6 Å². The summed E-state index contributed by atoms with van der Waals surface area (Å²) in [7, 11) is 1.78. The monoisotopic (exact) mass is 376 g/mol. The van der Waals surface area contributed by atoms with Gasteiger partial charge in [0, 0.05) is 37.3 Å². The second-order valence-corrected chi connectivity index (χ2v) is 6.65. The molecule has 1 unspecified atom stereocenters. The fraction of sp³-hybridized carbons (Fsp3) is 0.562. The predicted octanol–water partition coefficient (Wildman–Crippen LogP) is 2.09. The summed E-state index contributed by atoms with van der Waals surface area (Å²) in [6.07, 6.45) is -0.00198. The Kier molecular flexibility index (Phi) is 7.58. The van der Waals surface area contributed by atoms with Gasteiger partial charge in [-0.15, -0.1) is 0 Å². The van der Waals surface area contributed by atoms with Gasteiger partial charge in [0.05, 0.1) is 24.3 Å². The lowest BCUT2D eigenvalue weighted by Crippen LogP contribution is -2.48. The van der Waals surface area contributed by atoms with Crippen molar-refractivity contribution in [3.8, 4) is 5.75 Å². The number of aliphatic carboxylic acids is 1. The molecule has 0 saturated carbocycles. The average molecular weight is 377 g/mol. The summed E-state index contributed by atoms with van der Waals surface area (Å²) in [6.45, 7) is 4.04. The number of carboxylic acid groups (broad SMARTS) is 1. The molecule has 8 heteroatoms. The van der Waals surface area contributed by atoms with Gasteiger partial charge in [-0.25, -0.2) is 0 Å². The van der Waals surface area contributed by atoms with Crippen molar-refractivity contribution in [3.63, 3.8) is 0 Å². The van der Waals surface area contributed by atoms with Crippen LogP contribution in [0.4, 0.5) is 0 Å². The minimum atomic E-state index is -0.836. The minimum absolute atomic E-state index is 0.00198. The van der Waals surface area contributed by atoms with Crippen molar-refractivity contribution < 1.29 is 19.4 Å². The highest BCUT2D eigenvalue weighted by molar-refractivity contribution is 6.34. The van der Waals surface area contributed by atoms with Gasteiger partial charge in [0.25, 0.3) is 0 Å². The van der Waals surface area contributed by atoms with E-state index in [0.717, 1.165) is 19.6 Å². The summed E-state index contributed by atoms with van der Waals surface area (Å²) in [6, 6.07) is 5.13. The zero-order valence-corrected chi connectivity index (χ0v) is 15.1. The summed E-state index contributed by atoms with van der Waals surface area (Å²) >= 11 is 12.0. The Morgan fingerprint density at radius 3 is 3.04 bits per heavy atom. The Morgan fingerprint density at radius 1 is 1.50 bits per heavy atom. The lowest BCUT2D eigenvalue weighted by Gasteiger charge is -2.34. The van der Waals surface area contributed by atoms with E-state index in [2.05, 4.69) is 4.90 Å². The number of benzene rings is 1. The van der Waals surface area contributed by atoms with Crippen molar-refractivity contribution >= 4 is 29.2 Å². The highest BCUT2D eigenvalue weighted by atomic mass is 35.5. The molecule has 0 radical (unpaired) electrons. The van der Waals surface area contributed by atoms with Crippen LogP contribution in [0.2, 0.25) is 10.0 Å². The lowest BCUT2D eigenvalue weighted by atomic mass is 10.2. The fourth-order valence-electron chi connectivity index (χ4n) is 2.61. The summed E-state index contributed by atoms with van der Waals surface area (Å²) in [5.74, 6) is -0.257. The third-order valence-electron chi connectivity index (χ3n) is 3.70. The van der Waals surface area contributed by atoms with Crippen LogP contribution in [-0.4, -0.2) is 80.0 Å². The summed E-state index contributed by atoms with van der Waals surface area (Å²) in [5, 5.41) is 9.92. The van der Waals surface area contributed by atoms with Gasteiger partial charge in [-0.2, -0.15) is 0 Å². The van der Waals surface area contributed by atoms with Crippen molar-refractivity contribution in [2.75, 3.05) is 53.0 Å². The Bertz CT molecular complexity index is 559. The number of ether oxygens (including phenoxy) is 2. The second-order valence-electron chi connectivity index (χ2n) is 5.81. The average Bonchev–Trinajstić information content (AvgIpc) is 2.50. The molecule has 6 nitrogen and oxygen atoms in total. The summed E-state index contributed by atoms with van der Waals surface area (Å²) in [4.78, 5) is 14.7. The molecule has 1 aliphatic rings. The molecule has 1 aliphatic heterocycles. The van der Waals surface area contributed by atoms with Crippen LogP contribution >= 0.6 is 23.2 Å². The van der Waals surface area contributed by atoms with Crippen molar-refractivity contribution in [2.45, 2.75) is 6.10 Å². The van der Waals surface area contributed by atoms with Crippen molar-refractivity contribution in [1.29, 1.82) is 0 Å². The van der Waals surface area contributed by atoms with E-state index in [1.165, 1.54) is 0 Å². The Morgan fingerprint density at radius 2 is 2.29 bits per heavy atom. The molecule has 0 bridgehead atoms. The number of morpholine rings is 1. The molecular formula is C16H22Cl2N2O4. The number of hydrogen-bond acceptors (Lipinski definition) is 5. The molecule has 1 aromatic carbocycles. The summed E-state index contributed by atoms with van der Waals surface area (Å²) in [5.41, 5.74) is 0. The van der Waals surface area contributed by atoms with Crippen molar-refractivity contribution in [1.82, 2.24) is 9.80 Å². The first-order chi connectivity index (χ1) is 11.4. The molecule has 24 heavy (non-hydrogen) atoms. The second kappa shape index (κ2) is 9.44. The van der Waals surface area contributed by atoms with Crippen LogP contribution in [0.15, 0.2) is 18.2 Å². The molecule has 0 aromatic heterocycles. The number of likely N-dealkylation sites (N-methyl/N-ethyl adjacent to an activating group) is 1. The molecule has 0 aliphatic carbocycles. The van der Waals surface area contributed by atoms with Gasteiger partial charge in [0.2, 0.25) is 0 Å². The molecule has 0 spiro atoms. The van der Waals surface area contributed by atoms with E-state index >= 15 is 0 Å². The van der Waals surface area contributed by atoms with Crippen LogP contribution in [0.25, 0.3) is 0 Å². The van der Waals surface area contributed by atoms with Gasteiger partial charge in [-0.1, -0.05) is 23.2 Å². The van der Waals surface area contributed by atoms with Crippen molar-refractivity contribution in [2.24, 2.45) is 0 Å². The standard InChI is InChI=1S/C16H22Cl2N2O4/c1-19(11-16(21)22)9-13-10-20(4-6-23-13)5-7-24-15-8-12(17)2-3-14(15)18/h2-3,8,13H,4-7,9-11H2,1H3,(H,21,22). The van der Waals surface area contributed by atoms with Crippen LogP contribution < -0.4 is 4.74 Å². The maximum Gasteiger partial charge on any atom is 0.317 e. The fourth-order valence-corrected chi connectivity index (χ4v) is 2.94. The molecule has 1 N–H and O–H groups in total. The minimum Gasteiger partial charge on any atom is -0.491 e. The van der Waals surface area contributed by atoms with E-state index in [1.807, 2.05) is 0 Å². The molecule has 1 aromatic rings. The van der Waals surface area contributed by atoms with Gasteiger partial charge < -0.3 is 14.6 Å². The first-order valence-electron chi connectivity index (χ1n) is 7.76. The number of carbonyl (C=O) groups is 1. The first kappa shape index (κ1) is 19.3. The van der Waals surface area contributed by atoms with E-state index < -0.39 is 5.97 Å². The maximum absolute atomic E-state index is 10.7. The molecular weight excluding hydrogens is 355 g/mol. The zero-order chi connectivity index (χ0) is 17.5. The normalized spacial score (nSPS) is 18.8. The smallest absolute Gasteiger partial charge is 0.317 e. The number of rotatable bonds is 8.